The van der Waals surface area contributed by atoms with E-state index in [1.807, 2.05) is 67.6 Å². The van der Waals surface area contributed by atoms with Crippen LogP contribution in [0.3, 0.4) is 0 Å². The maximum atomic E-state index is 14.7. The van der Waals surface area contributed by atoms with E-state index in [1.54, 1.807) is 19.1 Å². The topological polar surface area (TPSA) is 88.1 Å². The molecule has 0 aromatic heterocycles. The number of hydrogen-bond donors (Lipinski definition) is 1. The lowest BCUT2D eigenvalue weighted by Crippen LogP contribution is -2.69. The molecular weight excluding hydrogens is 454 g/mol. The van der Waals surface area contributed by atoms with Crippen LogP contribution in [0.15, 0.2) is 77.9 Å². The highest BCUT2D eigenvalue weighted by molar-refractivity contribution is 6.50. The molecule has 0 saturated carbocycles. The van der Waals surface area contributed by atoms with Gasteiger partial charge in [0.25, 0.3) is 11.8 Å². The van der Waals surface area contributed by atoms with Gasteiger partial charge in [-0.15, -0.1) is 0 Å². The van der Waals surface area contributed by atoms with Gasteiger partial charge >= 0.3 is 5.97 Å². The third-order valence-corrected chi connectivity index (χ3v) is 8.28. The zero-order valence-corrected chi connectivity index (χ0v) is 19.8. The number of carbonyl (C=O) groups excluding carboxylic acids is 3. The summed E-state index contributed by atoms with van der Waals surface area (Å²) in [4.78, 5) is 44.0. The van der Waals surface area contributed by atoms with E-state index in [1.165, 1.54) is 4.90 Å². The maximum absolute atomic E-state index is 14.7. The fraction of sp³-hybridized carbons (Fsp3) is 0.241. The van der Waals surface area contributed by atoms with Gasteiger partial charge in [-0.3, -0.25) is 15.0 Å². The fourth-order valence-electron chi connectivity index (χ4n) is 7.02. The number of aryl methyl sites for hydroxylation is 1. The van der Waals surface area contributed by atoms with Crippen LogP contribution in [0.25, 0.3) is 0 Å². The zero-order chi connectivity index (χ0) is 24.8. The maximum Gasteiger partial charge on any atom is 0.355 e. The Morgan fingerprint density at radius 2 is 1.44 bits per heavy atom. The molecule has 36 heavy (non-hydrogen) atoms. The summed E-state index contributed by atoms with van der Waals surface area (Å²) in [6.45, 7) is 3.79. The average Bonchev–Trinajstić information content (AvgIpc) is 3.36. The number of nitrogens with one attached hydrogen (secondary N) is 1. The second-order valence-electron chi connectivity index (χ2n) is 9.81. The largest absolute Gasteiger partial charge is 0.461 e. The Bertz CT molecular complexity index is 1480. The van der Waals surface area contributed by atoms with Crippen LogP contribution < -0.4 is 10.3 Å². The number of rotatable bonds is 3. The van der Waals surface area contributed by atoms with E-state index >= 15 is 0 Å². The van der Waals surface area contributed by atoms with Crippen molar-refractivity contribution in [3.05, 3.63) is 101 Å². The molecule has 3 aliphatic carbocycles. The number of esters is 1. The average molecular weight is 478 g/mol. The van der Waals surface area contributed by atoms with Crippen LogP contribution in [-0.2, 0) is 19.1 Å². The number of carbonyl (C=O) groups is 3. The highest BCUT2D eigenvalue weighted by Crippen LogP contribution is 2.70. The van der Waals surface area contributed by atoms with Crippen LogP contribution in [0.4, 0.5) is 5.69 Å². The van der Waals surface area contributed by atoms with Crippen LogP contribution in [0.1, 0.15) is 46.6 Å². The van der Waals surface area contributed by atoms with Gasteiger partial charge in [0.1, 0.15) is 5.41 Å². The molecule has 1 N–H and O–H groups in total. The van der Waals surface area contributed by atoms with Crippen LogP contribution in [0, 0.1) is 12.3 Å². The lowest BCUT2D eigenvalue weighted by atomic mass is 9.43. The molecule has 1 saturated heterocycles. The number of nitrogens with zero attached hydrogens (tertiary/aromatic N) is 2. The van der Waals surface area contributed by atoms with Crippen LogP contribution in [0.5, 0.6) is 0 Å². The summed E-state index contributed by atoms with van der Waals surface area (Å²) in [5, 5.41) is 4.44. The van der Waals surface area contributed by atoms with Gasteiger partial charge in [0, 0.05) is 11.8 Å². The van der Waals surface area contributed by atoms with Crippen molar-refractivity contribution >= 4 is 29.2 Å². The molecule has 1 fully saturated rings. The van der Waals surface area contributed by atoms with E-state index in [-0.39, 0.29) is 12.3 Å². The summed E-state index contributed by atoms with van der Waals surface area (Å²) >= 11 is 0. The third kappa shape index (κ3) is 2.12. The number of benzene rings is 3. The van der Waals surface area contributed by atoms with Gasteiger partial charge in [0.2, 0.25) is 0 Å². The Kier molecular flexibility index (Phi) is 4.04. The number of anilines is 1. The predicted octanol–water partition coefficient (Wildman–Crippen LogP) is 3.41. The minimum absolute atomic E-state index is 0.0312. The first kappa shape index (κ1) is 21.1. The Balaban J connectivity index is 1.59. The predicted molar refractivity (Wildman–Crippen MR) is 133 cm³/mol. The van der Waals surface area contributed by atoms with Crippen molar-refractivity contribution in [3.63, 3.8) is 0 Å². The zero-order valence-electron chi connectivity index (χ0n) is 19.8. The van der Waals surface area contributed by atoms with Crippen LogP contribution in [0.2, 0.25) is 0 Å². The summed E-state index contributed by atoms with van der Waals surface area (Å²) in [5.74, 6) is -2.63. The quantitative estimate of drug-likeness (QED) is 0.462. The van der Waals surface area contributed by atoms with Gasteiger partial charge in [-0.25, -0.2) is 9.69 Å². The first-order chi connectivity index (χ1) is 17.5. The van der Waals surface area contributed by atoms with Gasteiger partial charge < -0.3 is 4.74 Å². The van der Waals surface area contributed by atoms with Crippen molar-refractivity contribution in [2.75, 3.05) is 11.5 Å². The molecule has 2 bridgehead atoms. The summed E-state index contributed by atoms with van der Waals surface area (Å²) in [7, 11) is 0. The Hall–Kier alpha value is -4.26. The molecule has 2 amide bonds. The summed E-state index contributed by atoms with van der Waals surface area (Å²) < 4.78 is 5.41. The first-order valence-corrected chi connectivity index (χ1v) is 12.1. The van der Waals surface area contributed by atoms with Gasteiger partial charge in [0.15, 0.2) is 11.3 Å². The molecule has 0 radical (unpaired) electrons. The van der Waals surface area contributed by atoms with Crippen LogP contribution in [-0.4, -0.2) is 35.6 Å². The molecule has 8 rings (SSSR count). The molecule has 2 aliphatic heterocycles. The Morgan fingerprint density at radius 3 is 2.00 bits per heavy atom. The van der Waals surface area contributed by atoms with E-state index in [9.17, 15) is 14.4 Å². The van der Waals surface area contributed by atoms with E-state index < -0.39 is 40.6 Å². The van der Waals surface area contributed by atoms with Crippen molar-refractivity contribution < 1.29 is 19.1 Å². The van der Waals surface area contributed by atoms with Gasteiger partial charge in [0.05, 0.1) is 12.3 Å². The summed E-state index contributed by atoms with van der Waals surface area (Å²) in [5.41, 5.74) is 5.30. The molecular formula is C29H23N3O4. The molecule has 7 heteroatoms. The van der Waals surface area contributed by atoms with E-state index in [2.05, 4.69) is 10.5 Å². The molecule has 3 aromatic carbocycles. The van der Waals surface area contributed by atoms with Crippen molar-refractivity contribution in [2.24, 2.45) is 10.5 Å². The highest BCUT2D eigenvalue weighted by atomic mass is 16.5. The number of hydrogen-bond acceptors (Lipinski definition) is 6. The minimum Gasteiger partial charge on any atom is -0.461 e. The smallest absolute Gasteiger partial charge is 0.355 e. The lowest BCUT2D eigenvalue weighted by molar-refractivity contribution is -0.137. The second-order valence-corrected chi connectivity index (χ2v) is 9.81. The van der Waals surface area contributed by atoms with Crippen molar-refractivity contribution in [1.82, 2.24) is 5.43 Å². The molecule has 2 atom stereocenters. The number of ether oxygens (including phenoxy) is 1. The van der Waals surface area contributed by atoms with Gasteiger partial charge in [-0.2, -0.15) is 5.10 Å². The summed E-state index contributed by atoms with van der Waals surface area (Å²) in [6.07, 6.45) is 0. The van der Waals surface area contributed by atoms with E-state index in [0.29, 0.717) is 5.69 Å². The molecule has 2 unspecified atom stereocenters. The van der Waals surface area contributed by atoms with Gasteiger partial charge in [-0.05, 0) is 48.2 Å². The standard InChI is InChI=1S/C29H23N3O4/c1-3-36-25(33)24-28-22-18-8-4-6-10-20(18)23(21-11-7-5-9-19(21)22)29(28,31-30-24)27(35)32(26(28)34)17-14-12-16(2)13-15-17/h4-15,22-23,31H,3H2,1-2H3. The van der Waals surface area contributed by atoms with Crippen LogP contribution >= 0.6 is 0 Å². The third-order valence-electron chi connectivity index (χ3n) is 8.28. The number of hydrazone groups is 1. The number of imide groups is 1. The lowest BCUT2D eigenvalue weighted by Gasteiger charge is -2.55. The minimum atomic E-state index is -1.57. The molecule has 3 aromatic rings. The van der Waals surface area contributed by atoms with Crippen molar-refractivity contribution in [2.45, 2.75) is 31.2 Å². The highest BCUT2D eigenvalue weighted by Gasteiger charge is 2.85. The summed E-state index contributed by atoms with van der Waals surface area (Å²) in [6, 6.07) is 23.1. The van der Waals surface area contributed by atoms with E-state index in [0.717, 1.165) is 27.8 Å². The molecule has 0 spiro atoms. The fourth-order valence-corrected chi connectivity index (χ4v) is 7.02. The molecule has 5 aliphatic rings. The SMILES string of the molecule is CCOC(=O)C1=NNC23C(=O)N(c4ccc(C)cc4)C(=O)C12C1c2ccccc2C3c2ccccc21. The normalized spacial score (nSPS) is 28.6. The van der Waals surface area contributed by atoms with Crippen molar-refractivity contribution in [1.29, 1.82) is 0 Å². The monoisotopic (exact) mass is 477 g/mol. The molecule has 7 nitrogen and oxygen atoms in total. The Labute approximate surface area is 207 Å². The van der Waals surface area contributed by atoms with Crippen molar-refractivity contribution in [3.8, 4) is 0 Å². The van der Waals surface area contributed by atoms with E-state index in [4.69, 9.17) is 4.74 Å². The Morgan fingerprint density at radius 1 is 0.889 bits per heavy atom. The molecule has 2 heterocycles. The first-order valence-electron chi connectivity index (χ1n) is 12.1. The second kappa shape index (κ2) is 6.91. The molecule has 178 valence electrons. The number of amides is 2. The van der Waals surface area contributed by atoms with Gasteiger partial charge in [-0.1, -0.05) is 66.2 Å².